The van der Waals surface area contributed by atoms with Crippen LogP contribution in [-0.4, -0.2) is 36.5 Å². The molecule has 0 N–H and O–H groups in total. The first kappa shape index (κ1) is 20.1. The molecule has 1 aromatic carbocycles. The van der Waals surface area contributed by atoms with Gasteiger partial charge in [0.05, 0.1) is 33.3 Å². The molecule has 0 unspecified atom stereocenters. The molecule has 1 saturated carbocycles. The van der Waals surface area contributed by atoms with E-state index in [0.29, 0.717) is 12.8 Å². The molecule has 0 atom stereocenters. The summed E-state index contributed by atoms with van der Waals surface area (Å²) in [5.74, 6) is -0.00501. The highest BCUT2D eigenvalue weighted by Gasteiger charge is 2.55. The van der Waals surface area contributed by atoms with Crippen molar-refractivity contribution in [2.75, 3.05) is 18.0 Å². The van der Waals surface area contributed by atoms with Crippen molar-refractivity contribution in [2.45, 2.75) is 47.9 Å². The largest absolute Gasteiger partial charge is 0.416 e. The number of hydrogen-bond acceptors (Lipinski definition) is 5. The molecule has 1 saturated heterocycles. The van der Waals surface area contributed by atoms with E-state index < -0.39 is 26.3 Å². The molecule has 0 bridgehead atoms. The van der Waals surface area contributed by atoms with Crippen molar-refractivity contribution < 1.29 is 21.6 Å². The predicted octanol–water partition coefficient (Wildman–Crippen LogP) is 4.11. The summed E-state index contributed by atoms with van der Waals surface area (Å²) in [4.78, 5) is 2.16. The van der Waals surface area contributed by atoms with Gasteiger partial charge in [-0.15, -0.1) is 0 Å². The Morgan fingerprint density at radius 1 is 1.00 bits per heavy atom. The fourth-order valence-electron chi connectivity index (χ4n) is 4.61. The highest BCUT2D eigenvalue weighted by atomic mass is 32.2. The number of anilines is 1. The number of hydrogen-bond donors (Lipinski definition) is 0. The Hall–Kier alpha value is -2.16. The van der Waals surface area contributed by atoms with Gasteiger partial charge in [-0.3, -0.25) is 0 Å². The van der Waals surface area contributed by atoms with Crippen LogP contribution in [0.3, 0.4) is 0 Å². The minimum atomic E-state index is -4.48. The standard InChI is InChI=1S/C20H22F3N3O2S/c21-20(22,23)16-2-4-18(5-3-16)29(27,28)19(9-1-10-19)15-7-12-26(13-8-15)17-6-11-24-25-14-17/h2-6,11,14-15H,1,7-10,12-13H2. The summed E-state index contributed by atoms with van der Waals surface area (Å²) < 4.78 is 64.5. The van der Waals surface area contributed by atoms with Crippen molar-refractivity contribution in [3.8, 4) is 0 Å². The van der Waals surface area contributed by atoms with E-state index in [-0.39, 0.29) is 10.8 Å². The predicted molar refractivity (Wildman–Crippen MR) is 102 cm³/mol. The summed E-state index contributed by atoms with van der Waals surface area (Å²) in [5, 5.41) is 7.67. The van der Waals surface area contributed by atoms with Crippen molar-refractivity contribution in [3.63, 3.8) is 0 Å². The third kappa shape index (κ3) is 3.49. The Morgan fingerprint density at radius 3 is 2.14 bits per heavy atom. The average molecular weight is 425 g/mol. The Balaban J connectivity index is 1.54. The highest BCUT2D eigenvalue weighted by Crippen LogP contribution is 2.51. The normalized spacial score (nSPS) is 20.3. The smallest absolute Gasteiger partial charge is 0.370 e. The summed E-state index contributed by atoms with van der Waals surface area (Å²) in [6.07, 6.45) is 2.25. The molecular formula is C20H22F3N3O2S. The lowest BCUT2D eigenvalue weighted by Gasteiger charge is -2.49. The number of sulfone groups is 1. The zero-order valence-electron chi connectivity index (χ0n) is 15.8. The topological polar surface area (TPSA) is 63.2 Å². The van der Waals surface area contributed by atoms with E-state index in [2.05, 4.69) is 15.1 Å². The maximum absolute atomic E-state index is 13.4. The van der Waals surface area contributed by atoms with Gasteiger partial charge in [0.1, 0.15) is 0 Å². The fraction of sp³-hybridized carbons (Fsp3) is 0.500. The van der Waals surface area contributed by atoms with Gasteiger partial charge in [0, 0.05) is 13.1 Å². The molecule has 1 aliphatic heterocycles. The Kier molecular flexibility index (Phi) is 5.04. The molecule has 5 nitrogen and oxygen atoms in total. The van der Waals surface area contributed by atoms with Crippen LogP contribution in [0.15, 0.2) is 47.6 Å². The number of alkyl halides is 3. The van der Waals surface area contributed by atoms with Crippen LogP contribution in [0.1, 0.15) is 37.7 Å². The lowest BCUT2D eigenvalue weighted by atomic mass is 9.71. The average Bonchev–Trinajstić information content (AvgIpc) is 2.67. The molecule has 29 heavy (non-hydrogen) atoms. The number of benzene rings is 1. The Labute approximate surface area is 167 Å². The van der Waals surface area contributed by atoms with Crippen molar-refractivity contribution in [3.05, 3.63) is 48.3 Å². The van der Waals surface area contributed by atoms with Crippen LogP contribution in [0.4, 0.5) is 18.9 Å². The van der Waals surface area contributed by atoms with E-state index >= 15 is 0 Å². The second kappa shape index (κ2) is 7.27. The maximum atomic E-state index is 13.4. The van der Waals surface area contributed by atoms with Gasteiger partial charge in [0.2, 0.25) is 0 Å². The molecule has 2 fully saturated rings. The van der Waals surface area contributed by atoms with E-state index in [1.807, 2.05) is 6.07 Å². The number of piperidine rings is 1. The molecule has 1 aliphatic carbocycles. The summed E-state index contributed by atoms with van der Waals surface area (Å²) in [5.41, 5.74) is 0.130. The number of aromatic nitrogens is 2. The molecule has 2 aliphatic rings. The van der Waals surface area contributed by atoms with E-state index in [1.54, 1.807) is 12.4 Å². The first-order chi connectivity index (χ1) is 13.7. The van der Waals surface area contributed by atoms with Gasteiger partial charge in [-0.2, -0.15) is 23.4 Å². The molecule has 9 heteroatoms. The van der Waals surface area contributed by atoms with E-state index in [9.17, 15) is 21.6 Å². The maximum Gasteiger partial charge on any atom is 0.416 e. The minimum absolute atomic E-state index is 0.00501. The monoisotopic (exact) mass is 425 g/mol. The number of halogens is 3. The van der Waals surface area contributed by atoms with Crippen LogP contribution in [-0.2, 0) is 16.0 Å². The molecule has 1 aromatic heterocycles. The van der Waals surface area contributed by atoms with Crippen LogP contribution in [0.25, 0.3) is 0 Å². The number of nitrogens with zero attached hydrogens (tertiary/aromatic N) is 3. The summed E-state index contributed by atoms with van der Waals surface area (Å²) >= 11 is 0. The Bertz CT molecular complexity index is 951. The van der Waals surface area contributed by atoms with E-state index in [4.69, 9.17) is 0 Å². The number of rotatable bonds is 4. The zero-order valence-corrected chi connectivity index (χ0v) is 16.6. The van der Waals surface area contributed by atoms with E-state index in [0.717, 1.165) is 62.3 Å². The lowest BCUT2D eigenvalue weighted by Crippen LogP contribution is -2.54. The Morgan fingerprint density at radius 2 is 1.66 bits per heavy atom. The lowest BCUT2D eigenvalue weighted by molar-refractivity contribution is -0.137. The molecule has 0 spiro atoms. The van der Waals surface area contributed by atoms with Gasteiger partial charge < -0.3 is 4.90 Å². The quantitative estimate of drug-likeness (QED) is 0.738. The molecule has 0 radical (unpaired) electrons. The molecule has 156 valence electrons. The minimum Gasteiger partial charge on any atom is -0.370 e. The van der Waals surface area contributed by atoms with Crippen molar-refractivity contribution in [2.24, 2.45) is 5.92 Å². The summed E-state index contributed by atoms with van der Waals surface area (Å²) in [7, 11) is -3.72. The first-order valence-electron chi connectivity index (χ1n) is 9.68. The van der Waals surface area contributed by atoms with Gasteiger partial charge >= 0.3 is 6.18 Å². The molecule has 0 amide bonds. The molecule has 4 rings (SSSR count). The highest BCUT2D eigenvalue weighted by molar-refractivity contribution is 7.93. The van der Waals surface area contributed by atoms with Crippen LogP contribution >= 0.6 is 0 Å². The SMILES string of the molecule is O=S(=O)(c1ccc(C(F)(F)F)cc1)C1(C2CCN(c3ccnnc3)CC2)CCC1. The van der Waals surface area contributed by atoms with E-state index in [1.165, 1.54) is 0 Å². The zero-order chi connectivity index (χ0) is 20.7. The van der Waals surface area contributed by atoms with Gasteiger partial charge in [-0.25, -0.2) is 8.42 Å². The summed E-state index contributed by atoms with van der Waals surface area (Å²) in [6, 6.07) is 5.81. The fourth-order valence-corrected chi connectivity index (χ4v) is 7.08. The van der Waals surface area contributed by atoms with Gasteiger partial charge in [0.15, 0.2) is 9.84 Å². The first-order valence-corrected chi connectivity index (χ1v) is 11.2. The van der Waals surface area contributed by atoms with Crippen LogP contribution < -0.4 is 4.90 Å². The van der Waals surface area contributed by atoms with Crippen LogP contribution in [0, 0.1) is 5.92 Å². The van der Waals surface area contributed by atoms with Crippen molar-refractivity contribution >= 4 is 15.5 Å². The third-order valence-corrected chi connectivity index (χ3v) is 9.10. The van der Waals surface area contributed by atoms with Crippen molar-refractivity contribution in [1.29, 1.82) is 0 Å². The summed E-state index contributed by atoms with van der Waals surface area (Å²) in [6.45, 7) is 1.45. The van der Waals surface area contributed by atoms with Crippen LogP contribution in [0.5, 0.6) is 0 Å². The van der Waals surface area contributed by atoms with Crippen molar-refractivity contribution in [1.82, 2.24) is 10.2 Å². The second-order valence-electron chi connectivity index (χ2n) is 7.81. The van der Waals surface area contributed by atoms with Crippen LogP contribution in [0.2, 0.25) is 0 Å². The molecule has 2 aromatic rings. The molecule has 2 heterocycles. The van der Waals surface area contributed by atoms with Gasteiger partial charge in [0.25, 0.3) is 0 Å². The second-order valence-corrected chi connectivity index (χ2v) is 10.1. The third-order valence-electron chi connectivity index (χ3n) is 6.40. The van der Waals surface area contributed by atoms with Gasteiger partial charge in [-0.05, 0) is 61.9 Å². The van der Waals surface area contributed by atoms with Gasteiger partial charge in [-0.1, -0.05) is 6.42 Å². The molecular weight excluding hydrogens is 403 g/mol.